The van der Waals surface area contributed by atoms with Gasteiger partial charge in [-0.25, -0.2) is 0 Å². The van der Waals surface area contributed by atoms with Crippen LogP contribution >= 0.6 is 11.6 Å². The summed E-state index contributed by atoms with van der Waals surface area (Å²) in [6, 6.07) is 13.4. The molecule has 0 saturated carbocycles. The van der Waals surface area contributed by atoms with E-state index in [9.17, 15) is 4.79 Å². The van der Waals surface area contributed by atoms with Crippen LogP contribution in [0.4, 0.5) is 5.69 Å². The van der Waals surface area contributed by atoms with E-state index in [1.807, 2.05) is 43.3 Å². The van der Waals surface area contributed by atoms with Crippen LogP contribution in [-0.2, 0) is 0 Å². The van der Waals surface area contributed by atoms with Gasteiger partial charge in [-0.05, 0) is 37.0 Å². The molecule has 24 heavy (non-hydrogen) atoms. The number of nitrogens with one attached hydrogen (secondary N) is 1. The Labute approximate surface area is 146 Å². The number of carbonyl (C=O) groups is 1. The molecule has 3 rings (SSSR count). The van der Waals surface area contributed by atoms with E-state index in [-0.39, 0.29) is 5.91 Å². The van der Waals surface area contributed by atoms with Crippen LogP contribution in [0.5, 0.6) is 0 Å². The SMILES string of the molecule is CC[C@@H](C)c1ccccc1NC(=O)c1oc2c(Cl)cccc2c1C. The number of fused-ring (bicyclic) bond motifs is 1. The first-order valence-electron chi connectivity index (χ1n) is 8.10. The van der Waals surface area contributed by atoms with E-state index in [2.05, 4.69) is 19.2 Å². The number of benzene rings is 2. The molecule has 3 aromatic rings. The van der Waals surface area contributed by atoms with E-state index >= 15 is 0 Å². The highest BCUT2D eigenvalue weighted by molar-refractivity contribution is 6.35. The maximum absolute atomic E-state index is 12.7. The second-order valence-electron chi connectivity index (χ2n) is 6.02. The zero-order chi connectivity index (χ0) is 17.3. The highest BCUT2D eigenvalue weighted by Gasteiger charge is 2.20. The summed E-state index contributed by atoms with van der Waals surface area (Å²) in [6.45, 7) is 6.16. The number of furan rings is 1. The fourth-order valence-electron chi connectivity index (χ4n) is 2.86. The molecule has 4 heteroatoms. The molecule has 0 saturated heterocycles. The van der Waals surface area contributed by atoms with Gasteiger partial charge in [0.2, 0.25) is 0 Å². The van der Waals surface area contributed by atoms with Crippen molar-refractivity contribution >= 4 is 34.2 Å². The van der Waals surface area contributed by atoms with Gasteiger partial charge in [0.1, 0.15) is 0 Å². The molecule has 3 nitrogen and oxygen atoms in total. The van der Waals surface area contributed by atoms with Crippen molar-refractivity contribution < 1.29 is 9.21 Å². The summed E-state index contributed by atoms with van der Waals surface area (Å²) in [5, 5.41) is 4.36. The summed E-state index contributed by atoms with van der Waals surface area (Å²) >= 11 is 6.17. The zero-order valence-electron chi connectivity index (χ0n) is 14.0. The van der Waals surface area contributed by atoms with Crippen LogP contribution in [0, 0.1) is 6.92 Å². The number of carbonyl (C=O) groups excluding carboxylic acids is 1. The standard InChI is InChI=1S/C20H20ClNO2/c1-4-12(2)14-8-5-6-11-17(14)22-20(23)18-13(3)15-9-7-10-16(21)19(15)24-18/h5-12H,4H2,1-3H3,(H,22,23)/t12-/m1/s1. The van der Waals surface area contributed by atoms with E-state index in [0.717, 1.165) is 28.6 Å². The zero-order valence-corrected chi connectivity index (χ0v) is 14.8. The molecule has 0 spiro atoms. The van der Waals surface area contributed by atoms with Gasteiger partial charge in [-0.3, -0.25) is 4.79 Å². The summed E-state index contributed by atoms with van der Waals surface area (Å²) < 4.78 is 5.75. The molecule has 0 bridgehead atoms. The number of amides is 1. The smallest absolute Gasteiger partial charge is 0.291 e. The van der Waals surface area contributed by atoms with Crippen LogP contribution < -0.4 is 5.32 Å². The van der Waals surface area contributed by atoms with Crippen LogP contribution in [0.1, 0.15) is 47.9 Å². The number of anilines is 1. The lowest BCUT2D eigenvalue weighted by atomic mass is 9.97. The molecule has 1 atom stereocenters. The fourth-order valence-corrected chi connectivity index (χ4v) is 3.08. The van der Waals surface area contributed by atoms with E-state index in [1.165, 1.54) is 0 Å². The van der Waals surface area contributed by atoms with Gasteiger partial charge in [-0.15, -0.1) is 0 Å². The van der Waals surface area contributed by atoms with Gasteiger partial charge >= 0.3 is 0 Å². The van der Waals surface area contributed by atoms with Crippen LogP contribution in [0.2, 0.25) is 5.02 Å². The number of halogens is 1. The number of aryl methyl sites for hydroxylation is 1. The maximum atomic E-state index is 12.7. The fraction of sp³-hybridized carbons (Fsp3) is 0.250. The lowest BCUT2D eigenvalue weighted by Gasteiger charge is -2.15. The Balaban J connectivity index is 1.97. The van der Waals surface area contributed by atoms with Gasteiger partial charge in [-0.2, -0.15) is 0 Å². The predicted octanol–water partition coefficient (Wildman–Crippen LogP) is 6.16. The summed E-state index contributed by atoms with van der Waals surface area (Å²) in [4.78, 5) is 12.7. The molecule has 1 heterocycles. The van der Waals surface area contributed by atoms with Gasteiger partial charge in [0.05, 0.1) is 5.02 Å². The molecule has 2 aromatic carbocycles. The van der Waals surface area contributed by atoms with E-state index < -0.39 is 0 Å². The molecular formula is C20H20ClNO2. The predicted molar refractivity (Wildman–Crippen MR) is 99.1 cm³/mol. The molecule has 0 aliphatic rings. The van der Waals surface area contributed by atoms with E-state index in [1.54, 1.807) is 6.07 Å². The molecule has 0 aliphatic heterocycles. The maximum Gasteiger partial charge on any atom is 0.291 e. The summed E-state index contributed by atoms with van der Waals surface area (Å²) in [6.07, 6.45) is 1.01. The summed E-state index contributed by atoms with van der Waals surface area (Å²) in [7, 11) is 0. The van der Waals surface area contributed by atoms with Crippen molar-refractivity contribution in [2.24, 2.45) is 0 Å². The Bertz CT molecular complexity index is 898. The van der Waals surface area contributed by atoms with Crippen molar-refractivity contribution in [2.75, 3.05) is 5.32 Å². The quantitative estimate of drug-likeness (QED) is 0.617. The van der Waals surface area contributed by atoms with Gasteiger partial charge < -0.3 is 9.73 Å². The molecule has 0 unspecified atom stereocenters. The molecule has 0 aliphatic carbocycles. The Kier molecular flexibility index (Phi) is 4.63. The van der Waals surface area contributed by atoms with Crippen molar-refractivity contribution in [3.05, 3.63) is 64.4 Å². The van der Waals surface area contributed by atoms with Crippen LogP contribution in [0.15, 0.2) is 46.9 Å². The first kappa shape index (κ1) is 16.6. The molecule has 1 aromatic heterocycles. The first-order chi connectivity index (χ1) is 11.5. The van der Waals surface area contributed by atoms with Crippen LogP contribution in [0.25, 0.3) is 11.0 Å². The minimum atomic E-state index is -0.254. The topological polar surface area (TPSA) is 42.2 Å². The highest BCUT2D eigenvalue weighted by Crippen LogP contribution is 2.32. The molecular weight excluding hydrogens is 322 g/mol. The van der Waals surface area contributed by atoms with Crippen LogP contribution in [-0.4, -0.2) is 5.91 Å². The number of para-hydroxylation sites is 2. The van der Waals surface area contributed by atoms with Crippen molar-refractivity contribution in [3.8, 4) is 0 Å². The number of rotatable bonds is 4. The summed E-state index contributed by atoms with van der Waals surface area (Å²) in [5.41, 5.74) is 3.30. The molecule has 124 valence electrons. The van der Waals surface area contributed by atoms with Crippen LogP contribution in [0.3, 0.4) is 0 Å². The number of hydrogen-bond donors (Lipinski definition) is 1. The lowest BCUT2D eigenvalue weighted by molar-refractivity contribution is 0.0998. The van der Waals surface area contributed by atoms with Crippen molar-refractivity contribution in [1.82, 2.24) is 0 Å². The Morgan fingerprint density at radius 1 is 1.21 bits per heavy atom. The third kappa shape index (κ3) is 2.92. The van der Waals surface area contributed by atoms with E-state index in [0.29, 0.717) is 22.3 Å². The third-order valence-corrected chi connectivity index (χ3v) is 4.77. The Morgan fingerprint density at radius 2 is 1.96 bits per heavy atom. The lowest BCUT2D eigenvalue weighted by Crippen LogP contribution is -2.14. The molecule has 1 amide bonds. The largest absolute Gasteiger partial charge is 0.449 e. The first-order valence-corrected chi connectivity index (χ1v) is 8.48. The van der Waals surface area contributed by atoms with Crippen molar-refractivity contribution in [2.45, 2.75) is 33.1 Å². The van der Waals surface area contributed by atoms with Crippen molar-refractivity contribution in [3.63, 3.8) is 0 Å². The monoisotopic (exact) mass is 341 g/mol. The molecule has 1 N–H and O–H groups in total. The van der Waals surface area contributed by atoms with Gasteiger partial charge in [0.25, 0.3) is 5.91 Å². The third-order valence-electron chi connectivity index (χ3n) is 4.47. The van der Waals surface area contributed by atoms with Gasteiger partial charge in [0.15, 0.2) is 11.3 Å². The molecule has 0 fully saturated rings. The average Bonchev–Trinajstić information content (AvgIpc) is 2.93. The second kappa shape index (κ2) is 6.70. The second-order valence-corrected chi connectivity index (χ2v) is 6.43. The van der Waals surface area contributed by atoms with Gasteiger partial charge in [0, 0.05) is 16.6 Å². The number of hydrogen-bond acceptors (Lipinski definition) is 2. The summed E-state index contributed by atoms with van der Waals surface area (Å²) in [5.74, 6) is 0.417. The minimum Gasteiger partial charge on any atom is -0.449 e. The van der Waals surface area contributed by atoms with Gasteiger partial charge in [-0.1, -0.05) is 55.8 Å². The Morgan fingerprint density at radius 3 is 2.67 bits per heavy atom. The normalized spacial score (nSPS) is 12.3. The highest BCUT2D eigenvalue weighted by atomic mass is 35.5. The minimum absolute atomic E-state index is 0.254. The molecule has 0 radical (unpaired) electrons. The van der Waals surface area contributed by atoms with E-state index in [4.69, 9.17) is 16.0 Å². The Hall–Kier alpha value is -2.26. The average molecular weight is 342 g/mol. The van der Waals surface area contributed by atoms with Crippen molar-refractivity contribution in [1.29, 1.82) is 0 Å².